The van der Waals surface area contributed by atoms with Crippen molar-refractivity contribution in [3.05, 3.63) is 16.6 Å². The highest BCUT2D eigenvalue weighted by Gasteiger charge is 2.04. The summed E-state index contributed by atoms with van der Waals surface area (Å²) in [6.07, 6.45) is 5.57. The molecule has 1 amide bonds. The number of carbonyl (C=O) groups excluding carboxylic acids is 1. The molecular weight excluding hydrogens is 172 g/mol. The van der Waals surface area contributed by atoms with Crippen molar-refractivity contribution in [2.24, 2.45) is 0 Å². The van der Waals surface area contributed by atoms with Crippen LogP contribution in [0.2, 0.25) is 0 Å². The minimum Gasteiger partial charge on any atom is -0.350 e. The molecule has 62 valence electrons. The Morgan fingerprint density at radius 2 is 2.67 bits per heavy atom. The number of rotatable bonds is 3. The standard InChI is InChI=1S/C8H8N2OS/c1-2-3-4-9-8(11)7-5-12-6-10-7/h1,5-6H,3-4H2,(H,9,11). The van der Waals surface area contributed by atoms with Crippen LogP contribution < -0.4 is 5.32 Å². The van der Waals surface area contributed by atoms with Gasteiger partial charge in [0.2, 0.25) is 0 Å². The molecule has 0 radical (unpaired) electrons. The molecule has 1 aromatic heterocycles. The van der Waals surface area contributed by atoms with Crippen LogP contribution in [0.15, 0.2) is 10.9 Å². The lowest BCUT2D eigenvalue weighted by Gasteiger charge is -1.97. The van der Waals surface area contributed by atoms with Crippen molar-refractivity contribution in [3.8, 4) is 12.3 Å². The second kappa shape index (κ2) is 4.52. The lowest BCUT2D eigenvalue weighted by molar-refractivity contribution is 0.0950. The molecule has 3 nitrogen and oxygen atoms in total. The number of hydrogen-bond acceptors (Lipinski definition) is 3. The van der Waals surface area contributed by atoms with Gasteiger partial charge in [0.15, 0.2) is 0 Å². The maximum atomic E-state index is 11.1. The van der Waals surface area contributed by atoms with Gasteiger partial charge in [-0.25, -0.2) is 4.98 Å². The molecule has 0 aliphatic rings. The molecule has 0 aliphatic carbocycles. The third kappa shape index (κ3) is 2.36. The zero-order valence-electron chi connectivity index (χ0n) is 6.41. The molecule has 0 spiro atoms. The maximum Gasteiger partial charge on any atom is 0.270 e. The van der Waals surface area contributed by atoms with Gasteiger partial charge < -0.3 is 5.32 Å². The lowest BCUT2D eigenvalue weighted by atomic mass is 10.4. The first-order chi connectivity index (χ1) is 5.84. The van der Waals surface area contributed by atoms with Crippen molar-refractivity contribution >= 4 is 17.2 Å². The lowest BCUT2D eigenvalue weighted by Crippen LogP contribution is -2.24. The van der Waals surface area contributed by atoms with E-state index in [4.69, 9.17) is 6.42 Å². The van der Waals surface area contributed by atoms with Gasteiger partial charge in [0.05, 0.1) is 5.51 Å². The molecule has 4 heteroatoms. The maximum absolute atomic E-state index is 11.1. The third-order valence-electron chi connectivity index (χ3n) is 1.22. The summed E-state index contributed by atoms with van der Waals surface area (Å²) >= 11 is 1.39. The summed E-state index contributed by atoms with van der Waals surface area (Å²) in [4.78, 5) is 15.0. The van der Waals surface area contributed by atoms with E-state index >= 15 is 0 Å². The number of aromatic nitrogens is 1. The predicted molar refractivity (Wildman–Crippen MR) is 47.9 cm³/mol. The second-order valence-electron chi connectivity index (χ2n) is 2.08. The zero-order chi connectivity index (χ0) is 8.81. The number of hydrogen-bond donors (Lipinski definition) is 1. The highest BCUT2D eigenvalue weighted by molar-refractivity contribution is 7.07. The number of thiazole rings is 1. The van der Waals surface area contributed by atoms with E-state index in [9.17, 15) is 4.79 Å². The van der Waals surface area contributed by atoms with Crippen molar-refractivity contribution in [2.75, 3.05) is 6.54 Å². The molecule has 0 atom stereocenters. The summed E-state index contributed by atoms with van der Waals surface area (Å²) in [5.41, 5.74) is 2.08. The van der Waals surface area contributed by atoms with Gasteiger partial charge >= 0.3 is 0 Å². The van der Waals surface area contributed by atoms with Crippen molar-refractivity contribution in [2.45, 2.75) is 6.42 Å². The van der Waals surface area contributed by atoms with E-state index in [0.29, 0.717) is 18.7 Å². The molecule has 1 heterocycles. The van der Waals surface area contributed by atoms with Gasteiger partial charge in [-0.3, -0.25) is 4.79 Å². The summed E-state index contributed by atoms with van der Waals surface area (Å²) in [7, 11) is 0. The van der Waals surface area contributed by atoms with Crippen LogP contribution in [0.5, 0.6) is 0 Å². The number of amides is 1. The Bertz CT molecular complexity index is 287. The van der Waals surface area contributed by atoms with Crippen LogP contribution in [0.1, 0.15) is 16.9 Å². The monoisotopic (exact) mass is 180 g/mol. The van der Waals surface area contributed by atoms with Gasteiger partial charge in [0.25, 0.3) is 5.91 Å². The van der Waals surface area contributed by atoms with E-state index in [1.54, 1.807) is 10.9 Å². The molecule has 0 aromatic carbocycles. The van der Waals surface area contributed by atoms with Crippen molar-refractivity contribution in [1.82, 2.24) is 10.3 Å². The first-order valence-corrected chi connectivity index (χ1v) is 4.38. The fraction of sp³-hybridized carbons (Fsp3) is 0.250. The number of carbonyl (C=O) groups is 1. The molecule has 0 unspecified atom stereocenters. The van der Waals surface area contributed by atoms with Gasteiger partial charge in [-0.2, -0.15) is 0 Å². The van der Waals surface area contributed by atoms with Gasteiger partial charge in [-0.1, -0.05) is 0 Å². The average Bonchev–Trinajstić information content (AvgIpc) is 2.56. The van der Waals surface area contributed by atoms with E-state index in [-0.39, 0.29) is 5.91 Å². The van der Waals surface area contributed by atoms with Gasteiger partial charge in [0.1, 0.15) is 5.69 Å². The SMILES string of the molecule is C#CCCNC(=O)c1cscn1. The van der Waals surface area contributed by atoms with Crippen molar-refractivity contribution in [3.63, 3.8) is 0 Å². The minimum absolute atomic E-state index is 0.161. The molecule has 12 heavy (non-hydrogen) atoms. The molecule has 1 rings (SSSR count). The van der Waals surface area contributed by atoms with Crippen LogP contribution >= 0.6 is 11.3 Å². The zero-order valence-corrected chi connectivity index (χ0v) is 7.23. The second-order valence-corrected chi connectivity index (χ2v) is 2.80. The van der Waals surface area contributed by atoms with Crippen LogP contribution in [-0.2, 0) is 0 Å². The summed E-state index contributed by atoms with van der Waals surface area (Å²) in [6.45, 7) is 0.507. The van der Waals surface area contributed by atoms with E-state index in [1.165, 1.54) is 11.3 Å². The van der Waals surface area contributed by atoms with Crippen molar-refractivity contribution < 1.29 is 4.79 Å². The summed E-state index contributed by atoms with van der Waals surface area (Å²) < 4.78 is 0. The molecule has 0 bridgehead atoms. The topological polar surface area (TPSA) is 42.0 Å². The Labute approximate surface area is 74.8 Å². The summed E-state index contributed by atoms with van der Waals surface area (Å²) in [5.74, 6) is 2.28. The normalized spacial score (nSPS) is 8.92. The highest BCUT2D eigenvalue weighted by Crippen LogP contribution is 1.99. The van der Waals surface area contributed by atoms with Crippen LogP contribution in [0.25, 0.3) is 0 Å². The Morgan fingerprint density at radius 1 is 1.83 bits per heavy atom. The molecule has 0 aliphatic heterocycles. The number of nitrogens with one attached hydrogen (secondary N) is 1. The van der Waals surface area contributed by atoms with Crippen molar-refractivity contribution in [1.29, 1.82) is 0 Å². The summed E-state index contributed by atoms with van der Waals surface area (Å²) in [5, 5.41) is 4.35. The highest BCUT2D eigenvalue weighted by atomic mass is 32.1. The number of nitrogens with zero attached hydrogens (tertiary/aromatic N) is 1. The van der Waals surface area contributed by atoms with E-state index in [2.05, 4.69) is 16.2 Å². The first kappa shape index (κ1) is 8.75. The van der Waals surface area contributed by atoms with Crippen LogP contribution in [0, 0.1) is 12.3 Å². The largest absolute Gasteiger partial charge is 0.350 e. The summed E-state index contributed by atoms with van der Waals surface area (Å²) in [6, 6.07) is 0. The van der Waals surface area contributed by atoms with Gasteiger partial charge in [-0.15, -0.1) is 23.7 Å². The smallest absolute Gasteiger partial charge is 0.270 e. The molecule has 0 saturated carbocycles. The molecule has 1 aromatic rings. The fourth-order valence-corrected chi connectivity index (χ4v) is 1.20. The quantitative estimate of drug-likeness (QED) is 0.554. The molecule has 1 N–H and O–H groups in total. The Hall–Kier alpha value is -1.34. The van der Waals surface area contributed by atoms with E-state index in [1.807, 2.05) is 0 Å². The van der Waals surface area contributed by atoms with Crippen LogP contribution in [0.4, 0.5) is 0 Å². The predicted octanol–water partition coefficient (Wildman–Crippen LogP) is 0.896. The average molecular weight is 180 g/mol. The third-order valence-corrected chi connectivity index (χ3v) is 1.81. The van der Waals surface area contributed by atoms with Gasteiger partial charge in [0, 0.05) is 18.3 Å². The minimum atomic E-state index is -0.161. The Kier molecular flexibility index (Phi) is 3.30. The first-order valence-electron chi connectivity index (χ1n) is 3.44. The Morgan fingerprint density at radius 3 is 3.25 bits per heavy atom. The van der Waals surface area contributed by atoms with E-state index < -0.39 is 0 Å². The molecule has 0 fully saturated rings. The van der Waals surface area contributed by atoms with Gasteiger partial charge in [-0.05, 0) is 0 Å². The van der Waals surface area contributed by atoms with E-state index in [0.717, 1.165) is 0 Å². The number of terminal acetylenes is 1. The Balaban J connectivity index is 2.36. The molecular formula is C8H8N2OS. The van der Waals surface area contributed by atoms with Crippen LogP contribution in [0.3, 0.4) is 0 Å². The fourth-order valence-electron chi connectivity index (χ4n) is 0.663. The molecule has 0 saturated heterocycles. The van der Waals surface area contributed by atoms with Crippen LogP contribution in [-0.4, -0.2) is 17.4 Å².